The number of rotatable bonds is 2. The average molecular weight is 162 g/mol. The van der Waals surface area contributed by atoms with Crippen LogP contribution in [0, 0.1) is 0 Å². The highest BCUT2D eigenvalue weighted by atomic mass is 16.6. The van der Waals surface area contributed by atoms with E-state index in [1.54, 1.807) is 0 Å². The van der Waals surface area contributed by atoms with Crippen LogP contribution in [0.4, 0.5) is 0 Å². The molecule has 0 N–H and O–H groups in total. The number of ether oxygens (including phenoxy) is 1. The highest BCUT2D eigenvalue weighted by Crippen LogP contribution is 2.31. The van der Waals surface area contributed by atoms with Crippen molar-refractivity contribution in [3.63, 3.8) is 0 Å². The topological polar surface area (TPSA) is 12.5 Å². The lowest BCUT2D eigenvalue weighted by Gasteiger charge is -2.05. The summed E-state index contributed by atoms with van der Waals surface area (Å²) in [5, 5.41) is 0. The van der Waals surface area contributed by atoms with Crippen molar-refractivity contribution in [2.75, 3.05) is 6.61 Å². The Hall–Kier alpha value is -0.820. The molecule has 2 rings (SSSR count). The fourth-order valence-corrected chi connectivity index (χ4v) is 1.36. The Kier molecular flexibility index (Phi) is 1.89. The third-order valence-corrected chi connectivity index (χ3v) is 2.28. The lowest BCUT2D eigenvalue weighted by molar-refractivity contribution is 0.415. The zero-order valence-electron chi connectivity index (χ0n) is 7.58. The van der Waals surface area contributed by atoms with Gasteiger partial charge in [-0.05, 0) is 17.0 Å². The van der Waals surface area contributed by atoms with Crippen molar-refractivity contribution in [1.29, 1.82) is 0 Å². The predicted octanol–water partition coefficient (Wildman–Crippen LogP) is 2.88. The van der Waals surface area contributed by atoms with Gasteiger partial charge in [-0.2, -0.15) is 0 Å². The molecule has 0 unspecified atom stereocenters. The fourth-order valence-electron chi connectivity index (χ4n) is 1.36. The molecule has 1 aromatic carbocycles. The molecule has 0 bridgehead atoms. The van der Waals surface area contributed by atoms with Crippen molar-refractivity contribution < 1.29 is 4.74 Å². The van der Waals surface area contributed by atoms with E-state index in [1.807, 2.05) is 0 Å². The largest absolute Gasteiger partial charge is 0.368 e. The molecule has 1 saturated heterocycles. The second-order valence-electron chi connectivity index (χ2n) is 3.65. The van der Waals surface area contributed by atoms with E-state index in [9.17, 15) is 0 Å². The summed E-state index contributed by atoms with van der Waals surface area (Å²) in [6.07, 6.45) is 0.392. The van der Waals surface area contributed by atoms with E-state index in [0.29, 0.717) is 12.0 Å². The lowest BCUT2D eigenvalue weighted by Crippen LogP contribution is -1.89. The van der Waals surface area contributed by atoms with Crippen LogP contribution in [0.15, 0.2) is 24.3 Å². The zero-order valence-corrected chi connectivity index (χ0v) is 7.58. The van der Waals surface area contributed by atoms with Crippen LogP contribution in [0.5, 0.6) is 0 Å². The molecular formula is C11H14O. The molecule has 0 aliphatic carbocycles. The quantitative estimate of drug-likeness (QED) is 0.609. The summed E-state index contributed by atoms with van der Waals surface area (Å²) in [6.45, 7) is 5.33. The van der Waals surface area contributed by atoms with E-state index in [2.05, 4.69) is 38.1 Å². The molecule has 0 aromatic heterocycles. The Bertz CT molecular complexity index is 257. The van der Waals surface area contributed by atoms with Gasteiger partial charge in [0.2, 0.25) is 0 Å². The van der Waals surface area contributed by atoms with Crippen molar-refractivity contribution in [2.24, 2.45) is 0 Å². The second kappa shape index (κ2) is 2.91. The summed E-state index contributed by atoms with van der Waals surface area (Å²) >= 11 is 0. The Balaban J connectivity index is 2.26. The normalized spacial score (nSPS) is 21.4. The molecular weight excluding hydrogens is 148 g/mol. The van der Waals surface area contributed by atoms with Crippen LogP contribution in [-0.4, -0.2) is 6.61 Å². The smallest absolute Gasteiger partial charge is 0.106 e. The maximum atomic E-state index is 5.23. The first-order chi connectivity index (χ1) is 5.77. The van der Waals surface area contributed by atoms with E-state index in [1.165, 1.54) is 11.1 Å². The van der Waals surface area contributed by atoms with Crippen LogP contribution >= 0.6 is 0 Å². The summed E-state index contributed by atoms with van der Waals surface area (Å²) in [5.41, 5.74) is 2.74. The molecule has 64 valence electrons. The highest BCUT2D eigenvalue weighted by Gasteiger charge is 2.24. The van der Waals surface area contributed by atoms with Crippen molar-refractivity contribution >= 4 is 0 Å². The summed E-state index contributed by atoms with van der Waals surface area (Å²) in [4.78, 5) is 0. The Morgan fingerprint density at radius 3 is 2.75 bits per heavy atom. The van der Waals surface area contributed by atoms with Gasteiger partial charge in [-0.15, -0.1) is 0 Å². The summed E-state index contributed by atoms with van der Waals surface area (Å²) < 4.78 is 5.23. The van der Waals surface area contributed by atoms with Gasteiger partial charge < -0.3 is 4.74 Å². The Morgan fingerprint density at radius 1 is 1.42 bits per heavy atom. The van der Waals surface area contributed by atoms with Gasteiger partial charge in [0.25, 0.3) is 0 Å². The molecule has 1 aliphatic rings. The van der Waals surface area contributed by atoms with Gasteiger partial charge in [-0.25, -0.2) is 0 Å². The first kappa shape index (κ1) is 7.81. The van der Waals surface area contributed by atoms with Gasteiger partial charge in [0.15, 0.2) is 0 Å². The van der Waals surface area contributed by atoms with Gasteiger partial charge in [0.1, 0.15) is 6.10 Å². The summed E-state index contributed by atoms with van der Waals surface area (Å²) in [6, 6.07) is 8.69. The maximum Gasteiger partial charge on any atom is 0.106 e. The van der Waals surface area contributed by atoms with E-state index >= 15 is 0 Å². The maximum absolute atomic E-state index is 5.23. The first-order valence-electron chi connectivity index (χ1n) is 4.49. The molecule has 0 radical (unpaired) electrons. The van der Waals surface area contributed by atoms with E-state index in [-0.39, 0.29) is 0 Å². The van der Waals surface area contributed by atoms with Crippen LogP contribution < -0.4 is 0 Å². The molecule has 0 spiro atoms. The predicted molar refractivity (Wildman–Crippen MR) is 49.2 cm³/mol. The van der Waals surface area contributed by atoms with Crippen molar-refractivity contribution in [1.82, 2.24) is 0 Å². The molecule has 1 atom stereocenters. The second-order valence-corrected chi connectivity index (χ2v) is 3.65. The molecule has 1 aromatic rings. The summed E-state index contributed by atoms with van der Waals surface area (Å²) in [5.74, 6) is 0.615. The molecule has 1 nitrogen and oxygen atoms in total. The van der Waals surface area contributed by atoms with Gasteiger partial charge in [-0.3, -0.25) is 0 Å². The van der Waals surface area contributed by atoms with Crippen molar-refractivity contribution in [3.8, 4) is 0 Å². The fraction of sp³-hybridized carbons (Fsp3) is 0.455. The molecule has 0 amide bonds. The standard InChI is InChI=1S/C11H14O/c1-8(2)9-4-3-5-10(6-9)11-7-12-11/h3-6,8,11H,7H2,1-2H3/t11-/m0/s1. The number of epoxide rings is 1. The third-order valence-electron chi connectivity index (χ3n) is 2.28. The molecule has 1 fully saturated rings. The summed E-state index contributed by atoms with van der Waals surface area (Å²) in [7, 11) is 0. The molecule has 1 heterocycles. The number of hydrogen-bond acceptors (Lipinski definition) is 1. The van der Waals surface area contributed by atoms with Gasteiger partial charge in [0.05, 0.1) is 6.61 Å². The van der Waals surface area contributed by atoms with Crippen LogP contribution in [0.3, 0.4) is 0 Å². The van der Waals surface area contributed by atoms with Gasteiger partial charge in [-0.1, -0.05) is 38.1 Å². The minimum atomic E-state index is 0.392. The van der Waals surface area contributed by atoms with Crippen molar-refractivity contribution in [3.05, 3.63) is 35.4 Å². The van der Waals surface area contributed by atoms with Crippen LogP contribution in [0.1, 0.15) is 37.0 Å². The van der Waals surface area contributed by atoms with E-state index in [4.69, 9.17) is 4.74 Å². The zero-order chi connectivity index (χ0) is 8.55. The van der Waals surface area contributed by atoms with E-state index in [0.717, 1.165) is 6.61 Å². The molecule has 1 heteroatoms. The minimum Gasteiger partial charge on any atom is -0.368 e. The monoisotopic (exact) mass is 162 g/mol. The van der Waals surface area contributed by atoms with Gasteiger partial charge in [0, 0.05) is 0 Å². The lowest BCUT2D eigenvalue weighted by atomic mass is 10.00. The van der Waals surface area contributed by atoms with Gasteiger partial charge >= 0.3 is 0 Å². The minimum absolute atomic E-state index is 0.392. The molecule has 1 aliphatic heterocycles. The average Bonchev–Trinajstić information content (AvgIpc) is 2.87. The van der Waals surface area contributed by atoms with Crippen molar-refractivity contribution in [2.45, 2.75) is 25.9 Å². The van der Waals surface area contributed by atoms with E-state index < -0.39 is 0 Å². The Labute approximate surface area is 73.4 Å². The number of benzene rings is 1. The first-order valence-corrected chi connectivity index (χ1v) is 4.49. The van der Waals surface area contributed by atoms with Crippen LogP contribution in [0.25, 0.3) is 0 Å². The third kappa shape index (κ3) is 1.51. The Morgan fingerprint density at radius 2 is 2.17 bits per heavy atom. The van der Waals surface area contributed by atoms with Crippen LogP contribution in [0.2, 0.25) is 0 Å². The van der Waals surface area contributed by atoms with Crippen LogP contribution in [-0.2, 0) is 4.74 Å². The molecule has 0 saturated carbocycles. The SMILES string of the molecule is CC(C)c1cccc([C@@H]2CO2)c1. The highest BCUT2D eigenvalue weighted by molar-refractivity contribution is 5.28. The molecule has 12 heavy (non-hydrogen) atoms. The number of hydrogen-bond donors (Lipinski definition) is 0.